The predicted octanol–water partition coefficient (Wildman–Crippen LogP) is 3.53. The third-order valence-electron chi connectivity index (χ3n) is 2.85. The highest BCUT2D eigenvalue weighted by Gasteiger charge is 2.12. The predicted molar refractivity (Wildman–Crippen MR) is 88.7 cm³/mol. The van der Waals surface area contributed by atoms with Crippen LogP contribution in [0, 0.1) is 31.7 Å². The summed E-state index contributed by atoms with van der Waals surface area (Å²) >= 11 is 1.82. The molecule has 0 amide bonds. The highest BCUT2D eigenvalue weighted by atomic mass is 36.5. The lowest BCUT2D eigenvalue weighted by Crippen LogP contribution is -2.13. The molecule has 0 fully saturated rings. The first-order chi connectivity index (χ1) is 10.7. The smallest absolute Gasteiger partial charge is 0.205 e. The van der Waals surface area contributed by atoms with E-state index >= 15 is 0 Å². The molecule has 2 aliphatic rings. The van der Waals surface area contributed by atoms with E-state index in [9.17, 15) is 9.59 Å². The van der Waals surface area contributed by atoms with E-state index in [1.165, 1.54) is 0 Å². The Morgan fingerprint density at radius 2 is 1.18 bits per heavy atom. The Bertz CT molecular complexity index is 1030. The molecule has 1 aliphatic carbocycles. The van der Waals surface area contributed by atoms with Crippen molar-refractivity contribution in [3.05, 3.63) is 63.5 Å². The lowest BCUT2D eigenvalue weighted by Gasteiger charge is -1.98. The Morgan fingerprint density at radius 1 is 0.818 bits per heavy atom. The molecule has 8 heteroatoms. The van der Waals surface area contributed by atoms with Crippen LogP contribution in [0.2, 0.25) is 0 Å². The van der Waals surface area contributed by atoms with Crippen LogP contribution in [0.3, 0.4) is 0 Å². The third kappa shape index (κ3) is 2.58. The number of rotatable bonds is 0. The summed E-state index contributed by atoms with van der Waals surface area (Å²) in [6, 6.07) is 10.4. The summed E-state index contributed by atoms with van der Waals surface area (Å²) in [7, 11) is 8.22. The van der Waals surface area contributed by atoms with Gasteiger partial charge in [0.1, 0.15) is 21.9 Å². The first kappa shape index (κ1) is 16.4. The number of benzene rings is 1. The Kier molecular flexibility index (Phi) is 5.12. The zero-order valence-corrected chi connectivity index (χ0v) is 13.7. The van der Waals surface area contributed by atoms with Crippen LogP contribution in [0.5, 0.6) is 0 Å². The van der Waals surface area contributed by atoms with E-state index < -0.39 is 0 Å². The topological polar surface area (TPSA) is 81.7 Å². The molecular formula is C14H4Cl2N2O2S2. The molecule has 1 aromatic carbocycles. The molecule has 0 aromatic heterocycles. The molecule has 1 heterocycles. The second kappa shape index (κ2) is 6.87. The van der Waals surface area contributed by atoms with Crippen molar-refractivity contribution >= 4 is 55.2 Å². The normalized spacial score (nSPS) is 9.64. The number of fused-ring (bicyclic) bond motifs is 1. The molecule has 1 aromatic rings. The van der Waals surface area contributed by atoms with Crippen molar-refractivity contribution in [2.75, 3.05) is 0 Å². The van der Waals surface area contributed by atoms with Crippen molar-refractivity contribution in [3.8, 4) is 12.1 Å². The van der Waals surface area contributed by atoms with Gasteiger partial charge in [0.2, 0.25) is 10.9 Å². The fourth-order valence-electron chi connectivity index (χ4n) is 1.96. The molecule has 22 heavy (non-hydrogen) atoms. The molecule has 0 spiro atoms. The van der Waals surface area contributed by atoms with Gasteiger partial charge in [-0.2, -0.15) is 10.5 Å². The van der Waals surface area contributed by atoms with Gasteiger partial charge in [0.25, 0.3) is 0 Å². The molecule has 0 N–H and O–H groups in total. The van der Waals surface area contributed by atoms with Crippen LogP contribution in [-0.4, -0.2) is 0 Å². The summed E-state index contributed by atoms with van der Waals surface area (Å²) in [6.07, 6.45) is 0. The molecule has 1 aliphatic heterocycles. The fourth-order valence-corrected chi connectivity index (χ4v) is 4.01. The average Bonchev–Trinajstić information content (AvgIpc) is 2.60. The van der Waals surface area contributed by atoms with E-state index in [4.69, 9.17) is 10.5 Å². The Hall–Kier alpha value is -1.96. The van der Waals surface area contributed by atoms with Gasteiger partial charge >= 0.3 is 0 Å². The molecule has 0 saturated heterocycles. The third-order valence-corrected chi connectivity index (χ3v) is 5.30. The Labute approximate surface area is 141 Å². The van der Waals surface area contributed by atoms with Gasteiger partial charge in [-0.25, -0.2) is 0 Å². The maximum atomic E-state index is 12.4. The Balaban J connectivity index is 0.000000847. The zero-order valence-electron chi connectivity index (χ0n) is 10.6. The highest BCUT2D eigenvalue weighted by Crippen LogP contribution is 2.20. The van der Waals surface area contributed by atoms with Crippen LogP contribution < -0.4 is 10.9 Å². The molecule has 0 bridgehead atoms. The van der Waals surface area contributed by atoms with Crippen molar-refractivity contribution < 1.29 is 0 Å². The van der Waals surface area contributed by atoms with E-state index in [2.05, 4.69) is 21.7 Å². The van der Waals surface area contributed by atoms with Gasteiger partial charge in [-0.1, -0.05) is 24.3 Å². The van der Waals surface area contributed by atoms with E-state index in [-0.39, 0.29) is 29.7 Å². The fraction of sp³-hybridized carbons (Fsp3) is 0. The van der Waals surface area contributed by atoms with Crippen LogP contribution >= 0.6 is 44.4 Å². The minimum absolute atomic E-state index is 0.164. The maximum Gasteiger partial charge on any atom is 0.205 e. The van der Waals surface area contributed by atoms with E-state index in [1.807, 2.05) is 12.1 Å². The summed E-state index contributed by atoms with van der Waals surface area (Å²) in [6.45, 7) is 0. The summed E-state index contributed by atoms with van der Waals surface area (Å²) in [5.41, 5.74) is -0.533. The highest BCUT2D eigenvalue weighted by molar-refractivity contribution is 7.18. The first-order valence-corrected chi connectivity index (χ1v) is 8.42. The largest absolute Gasteiger partial charge is 0.288 e. The van der Waals surface area contributed by atoms with E-state index in [1.54, 1.807) is 24.3 Å². The van der Waals surface area contributed by atoms with Crippen molar-refractivity contribution in [1.29, 1.82) is 10.5 Å². The van der Waals surface area contributed by atoms with Crippen LogP contribution in [0.15, 0.2) is 33.9 Å². The van der Waals surface area contributed by atoms with Crippen molar-refractivity contribution in [2.24, 2.45) is 0 Å². The summed E-state index contributed by atoms with van der Waals surface area (Å²) in [5.74, 6) is 0. The second-order valence-corrected chi connectivity index (χ2v) is 5.99. The van der Waals surface area contributed by atoms with Gasteiger partial charge in [-0.05, 0) is 0 Å². The van der Waals surface area contributed by atoms with Gasteiger partial charge in [0.15, 0.2) is 0 Å². The number of nitrogens with zero attached hydrogens (tertiary/aromatic N) is 2. The lowest BCUT2D eigenvalue weighted by atomic mass is 10.1. The molecule has 4 nitrogen and oxygen atoms in total. The maximum absolute atomic E-state index is 12.4. The van der Waals surface area contributed by atoms with E-state index in [0.29, 0.717) is 10.8 Å². The molecule has 0 saturated carbocycles. The number of hydrogen-bond donors (Lipinski definition) is 0. The van der Waals surface area contributed by atoms with Gasteiger partial charge in [-0.3, -0.25) is 9.59 Å². The molecular weight excluding hydrogens is 363 g/mol. The van der Waals surface area contributed by atoms with Crippen LogP contribution in [0.25, 0.3) is 10.8 Å². The van der Waals surface area contributed by atoms with Gasteiger partial charge in [0, 0.05) is 32.5 Å². The Morgan fingerprint density at radius 3 is 1.50 bits per heavy atom. The molecule has 0 radical (unpaired) electrons. The second-order valence-electron chi connectivity index (χ2n) is 3.95. The quantitative estimate of drug-likeness (QED) is 0.609. The van der Waals surface area contributed by atoms with Crippen molar-refractivity contribution in [3.63, 3.8) is 0 Å². The van der Waals surface area contributed by atoms with Crippen LogP contribution in [-0.2, 0) is 0 Å². The van der Waals surface area contributed by atoms with Gasteiger partial charge in [-0.15, -0.1) is 22.7 Å². The van der Waals surface area contributed by atoms with Crippen molar-refractivity contribution in [2.45, 2.75) is 0 Å². The van der Waals surface area contributed by atoms with Crippen LogP contribution in [0.4, 0.5) is 0 Å². The first-order valence-electron chi connectivity index (χ1n) is 5.64. The average molecular weight is 367 g/mol. The summed E-state index contributed by atoms with van der Waals surface area (Å²) in [4.78, 5) is 25.1. The molecule has 0 atom stereocenters. The zero-order chi connectivity index (χ0) is 16.3. The standard InChI is InChI=1S/C14H4N2O2S2.Cl2/c15-5-9-10(6-16)20-14-12(18)8-4-2-1-3-7(8)11(17)13(14)19-9;1-2/h1-4H;. The van der Waals surface area contributed by atoms with Crippen molar-refractivity contribution in [1.82, 2.24) is 0 Å². The number of hydrogen-bond acceptors (Lipinski definition) is 6. The minimum Gasteiger partial charge on any atom is -0.288 e. The SMILES string of the molecule is ClCl.N#Cc1sc2c(=O)c3ccccc3c(=O)c=2sc1C#N. The van der Waals surface area contributed by atoms with E-state index in [0.717, 1.165) is 22.7 Å². The minimum atomic E-state index is -0.266. The molecule has 0 unspecified atom stereocenters. The lowest BCUT2D eigenvalue weighted by molar-refractivity contribution is 1.49. The molecule has 3 rings (SSSR count). The summed E-state index contributed by atoms with van der Waals surface area (Å²) in [5, 5.41) is 18.7. The molecule has 108 valence electrons. The summed E-state index contributed by atoms with van der Waals surface area (Å²) < 4.78 is 0.489. The monoisotopic (exact) mass is 366 g/mol. The van der Waals surface area contributed by atoms with Gasteiger partial charge < -0.3 is 0 Å². The number of nitriles is 2. The number of halogens is 2. The van der Waals surface area contributed by atoms with Gasteiger partial charge in [0.05, 0.1) is 9.06 Å². The van der Waals surface area contributed by atoms with Crippen LogP contribution in [0.1, 0.15) is 9.75 Å².